The van der Waals surface area contributed by atoms with Gasteiger partial charge in [0.15, 0.2) is 0 Å². The molecule has 0 saturated carbocycles. The number of benzene rings is 1. The topological polar surface area (TPSA) is 81.4 Å². The van der Waals surface area contributed by atoms with E-state index in [9.17, 15) is 18.0 Å². The first-order valence-corrected chi connectivity index (χ1v) is 8.42. The normalized spacial score (nSPS) is 15.8. The molecule has 3 heterocycles. The second-order valence-corrected chi connectivity index (χ2v) is 6.12. The molecule has 0 radical (unpaired) electrons. The number of carbonyl (C=O) groups excluding carboxylic acids is 1. The lowest BCUT2D eigenvalue weighted by molar-refractivity contribution is -0.137. The number of rotatable bonds is 2. The van der Waals surface area contributed by atoms with E-state index in [2.05, 4.69) is 20.4 Å². The molecule has 1 amide bonds. The molecular weight excluding hydrogens is 375 g/mol. The van der Waals surface area contributed by atoms with Gasteiger partial charge in [-0.05, 0) is 36.6 Å². The first-order chi connectivity index (χ1) is 13.4. The molecule has 4 rings (SSSR count). The monoisotopic (exact) mass is 389 g/mol. The van der Waals surface area contributed by atoms with Crippen molar-refractivity contribution in [2.45, 2.75) is 19.0 Å². The second kappa shape index (κ2) is 6.95. The molecule has 7 nitrogen and oxygen atoms in total. The molecule has 0 aliphatic carbocycles. The van der Waals surface area contributed by atoms with Crippen LogP contribution in [0.15, 0.2) is 42.9 Å². The van der Waals surface area contributed by atoms with E-state index in [4.69, 9.17) is 4.74 Å². The Kier molecular flexibility index (Phi) is 4.46. The Balaban J connectivity index is 1.64. The van der Waals surface area contributed by atoms with Crippen molar-refractivity contribution >= 4 is 23.1 Å². The van der Waals surface area contributed by atoms with Gasteiger partial charge in [-0.15, -0.1) is 0 Å². The third kappa shape index (κ3) is 3.53. The van der Waals surface area contributed by atoms with Gasteiger partial charge in [-0.25, -0.2) is 4.98 Å². The third-order valence-corrected chi connectivity index (χ3v) is 4.24. The van der Waals surface area contributed by atoms with Crippen LogP contribution < -0.4 is 10.1 Å². The Hall–Kier alpha value is -3.43. The summed E-state index contributed by atoms with van der Waals surface area (Å²) in [7, 11) is 0. The van der Waals surface area contributed by atoms with Crippen LogP contribution >= 0.6 is 0 Å². The Morgan fingerprint density at radius 2 is 2.11 bits per heavy atom. The molecule has 3 aromatic rings. The Morgan fingerprint density at radius 1 is 1.25 bits per heavy atom. The number of nitrogens with one attached hydrogen (secondary N) is 1. The van der Waals surface area contributed by atoms with Gasteiger partial charge in [0.2, 0.25) is 5.91 Å². The molecule has 1 N–H and O–H groups in total. The Bertz CT molecular complexity index is 1070. The van der Waals surface area contributed by atoms with Gasteiger partial charge in [-0.1, -0.05) is 6.07 Å². The lowest BCUT2D eigenvalue weighted by atomic mass is 9.99. The summed E-state index contributed by atoms with van der Waals surface area (Å²) in [4.78, 5) is 20.5. The summed E-state index contributed by atoms with van der Waals surface area (Å²) in [6.07, 6.45) is 0.785. The molecule has 1 aromatic carbocycles. The standard InChI is InChI=1S/C18H14F3N5O2/c19-18(20,21)12-3-4-13-11(2-1-7-28-14(13)9-12)8-16(27)25-15-5-6-22-17-23-10-24-26(15)17/h3-6,8-10H,1-2,7H2,(H,25,27)/b11-8+. The molecule has 1 aliphatic rings. The van der Waals surface area contributed by atoms with Crippen molar-refractivity contribution in [2.24, 2.45) is 0 Å². The van der Waals surface area contributed by atoms with Gasteiger partial charge >= 0.3 is 6.18 Å². The highest BCUT2D eigenvalue weighted by atomic mass is 19.4. The summed E-state index contributed by atoms with van der Waals surface area (Å²) >= 11 is 0. The quantitative estimate of drug-likeness (QED) is 0.680. The summed E-state index contributed by atoms with van der Waals surface area (Å²) < 4.78 is 45.7. The minimum absolute atomic E-state index is 0.119. The number of hydrogen-bond acceptors (Lipinski definition) is 5. The SMILES string of the molecule is O=C(/C=C1\CCCOc2cc(C(F)(F)F)ccc21)Nc1ccnc2ncnn12. The van der Waals surface area contributed by atoms with E-state index >= 15 is 0 Å². The van der Waals surface area contributed by atoms with Crippen LogP contribution in [0.5, 0.6) is 5.75 Å². The smallest absolute Gasteiger partial charge is 0.416 e. The van der Waals surface area contributed by atoms with Crippen LogP contribution in [0, 0.1) is 0 Å². The number of anilines is 1. The van der Waals surface area contributed by atoms with E-state index in [1.165, 1.54) is 29.2 Å². The number of fused-ring (bicyclic) bond motifs is 2. The Labute approximate surface area is 156 Å². The highest BCUT2D eigenvalue weighted by molar-refractivity contribution is 6.04. The fourth-order valence-corrected chi connectivity index (χ4v) is 2.97. The molecular formula is C18H14F3N5O2. The summed E-state index contributed by atoms with van der Waals surface area (Å²) in [6.45, 7) is 0.275. The van der Waals surface area contributed by atoms with Crippen LogP contribution in [0.25, 0.3) is 11.4 Å². The lowest BCUT2D eigenvalue weighted by Gasteiger charge is -2.13. The van der Waals surface area contributed by atoms with E-state index in [0.717, 1.165) is 12.1 Å². The van der Waals surface area contributed by atoms with Gasteiger partial charge in [-0.3, -0.25) is 4.79 Å². The van der Waals surface area contributed by atoms with Crippen molar-refractivity contribution in [2.75, 3.05) is 11.9 Å². The van der Waals surface area contributed by atoms with Gasteiger partial charge in [0.25, 0.3) is 5.78 Å². The first kappa shape index (κ1) is 18.0. The maximum Gasteiger partial charge on any atom is 0.416 e. The van der Waals surface area contributed by atoms with Crippen LogP contribution in [0.2, 0.25) is 0 Å². The predicted octanol–water partition coefficient (Wildman–Crippen LogP) is 3.34. The van der Waals surface area contributed by atoms with Crippen molar-refractivity contribution in [3.8, 4) is 5.75 Å². The molecule has 10 heteroatoms. The molecule has 0 saturated heterocycles. The Morgan fingerprint density at radius 3 is 2.93 bits per heavy atom. The second-order valence-electron chi connectivity index (χ2n) is 6.12. The number of allylic oxidation sites excluding steroid dienone is 1. The molecule has 0 atom stereocenters. The van der Waals surface area contributed by atoms with E-state index in [1.54, 1.807) is 6.07 Å². The van der Waals surface area contributed by atoms with Crippen molar-refractivity contribution in [3.05, 3.63) is 54.0 Å². The highest BCUT2D eigenvalue weighted by Crippen LogP contribution is 2.38. The molecule has 0 unspecified atom stereocenters. The largest absolute Gasteiger partial charge is 0.493 e. The minimum Gasteiger partial charge on any atom is -0.493 e. The summed E-state index contributed by atoms with van der Waals surface area (Å²) in [6, 6.07) is 4.86. The average molecular weight is 389 g/mol. The number of carbonyl (C=O) groups is 1. The third-order valence-electron chi connectivity index (χ3n) is 4.24. The summed E-state index contributed by atoms with van der Waals surface area (Å²) in [5.74, 6) is 0.389. The zero-order chi connectivity index (χ0) is 19.7. The number of halogens is 3. The van der Waals surface area contributed by atoms with E-state index < -0.39 is 17.6 Å². The predicted molar refractivity (Wildman–Crippen MR) is 93.6 cm³/mol. The lowest BCUT2D eigenvalue weighted by Crippen LogP contribution is -2.13. The van der Waals surface area contributed by atoms with Crippen LogP contribution in [0.3, 0.4) is 0 Å². The minimum atomic E-state index is -4.46. The van der Waals surface area contributed by atoms with Crippen LogP contribution in [0.4, 0.5) is 19.0 Å². The molecule has 1 aliphatic heterocycles. The van der Waals surface area contributed by atoms with Crippen LogP contribution in [-0.2, 0) is 11.0 Å². The molecule has 28 heavy (non-hydrogen) atoms. The fraction of sp³-hybridized carbons (Fsp3) is 0.222. The van der Waals surface area contributed by atoms with Crippen molar-refractivity contribution in [3.63, 3.8) is 0 Å². The van der Waals surface area contributed by atoms with Gasteiger partial charge in [0.05, 0.1) is 12.2 Å². The van der Waals surface area contributed by atoms with E-state index in [-0.39, 0.29) is 12.4 Å². The number of nitrogens with zero attached hydrogens (tertiary/aromatic N) is 4. The number of hydrogen-bond donors (Lipinski definition) is 1. The van der Waals surface area contributed by atoms with Crippen molar-refractivity contribution in [1.82, 2.24) is 19.6 Å². The first-order valence-electron chi connectivity index (χ1n) is 8.42. The average Bonchev–Trinajstić information content (AvgIpc) is 3.05. The zero-order valence-corrected chi connectivity index (χ0v) is 14.4. The van der Waals surface area contributed by atoms with Gasteiger partial charge in [-0.2, -0.15) is 27.8 Å². The van der Waals surface area contributed by atoms with Gasteiger partial charge in [0, 0.05) is 17.8 Å². The molecule has 144 valence electrons. The van der Waals surface area contributed by atoms with Crippen LogP contribution in [0.1, 0.15) is 24.0 Å². The van der Waals surface area contributed by atoms with Crippen LogP contribution in [-0.4, -0.2) is 32.1 Å². The molecule has 0 spiro atoms. The number of alkyl halides is 3. The highest BCUT2D eigenvalue weighted by Gasteiger charge is 2.32. The fourth-order valence-electron chi connectivity index (χ4n) is 2.97. The van der Waals surface area contributed by atoms with Gasteiger partial charge in [0.1, 0.15) is 17.9 Å². The molecule has 0 fully saturated rings. The number of amides is 1. The van der Waals surface area contributed by atoms with E-state index in [1.807, 2.05) is 0 Å². The maximum absolute atomic E-state index is 13.0. The van der Waals surface area contributed by atoms with Gasteiger partial charge < -0.3 is 10.1 Å². The summed E-state index contributed by atoms with van der Waals surface area (Å²) in [5, 5.41) is 6.67. The number of aromatic nitrogens is 4. The maximum atomic E-state index is 13.0. The number of ether oxygens (including phenoxy) is 1. The van der Waals surface area contributed by atoms with Crippen molar-refractivity contribution < 1.29 is 22.7 Å². The van der Waals surface area contributed by atoms with E-state index in [0.29, 0.717) is 35.6 Å². The molecule has 0 bridgehead atoms. The zero-order valence-electron chi connectivity index (χ0n) is 14.4. The van der Waals surface area contributed by atoms with Crippen molar-refractivity contribution in [1.29, 1.82) is 0 Å². The summed E-state index contributed by atoms with van der Waals surface area (Å²) in [5.41, 5.74) is 0.284. The molecule has 2 aromatic heterocycles.